The van der Waals surface area contributed by atoms with Gasteiger partial charge in [0.2, 0.25) is 0 Å². The first kappa shape index (κ1) is 9.01. The van der Waals surface area contributed by atoms with Crippen LogP contribution >= 0.6 is 15.9 Å². The molecule has 1 aromatic heterocycles. The quantitative estimate of drug-likeness (QED) is 0.777. The minimum atomic E-state index is 0.319. The van der Waals surface area contributed by atoms with Crippen LogP contribution in [0, 0.1) is 11.3 Å². The molecule has 0 aromatic carbocycles. The summed E-state index contributed by atoms with van der Waals surface area (Å²) in [5, 5.41) is 8.63. The number of nitrogens with zero attached hydrogens (tertiary/aromatic N) is 2. The van der Waals surface area contributed by atoms with Crippen molar-refractivity contribution in [3.8, 4) is 11.8 Å². The number of halogens is 1. The second-order valence-corrected chi connectivity index (χ2v) is 2.96. The highest BCUT2D eigenvalue weighted by molar-refractivity contribution is 9.10. The smallest absolute Gasteiger partial charge is 0.182 e. The molecule has 0 aliphatic heterocycles. The van der Waals surface area contributed by atoms with Crippen molar-refractivity contribution >= 4 is 15.9 Å². The van der Waals surface area contributed by atoms with Gasteiger partial charge < -0.3 is 4.74 Å². The highest BCUT2D eigenvalue weighted by Gasteiger charge is 2.03. The van der Waals surface area contributed by atoms with Crippen molar-refractivity contribution in [1.82, 2.24) is 4.98 Å². The van der Waals surface area contributed by atoms with Gasteiger partial charge in [-0.3, -0.25) is 0 Å². The van der Waals surface area contributed by atoms with Crippen LogP contribution in [0.5, 0.6) is 5.75 Å². The van der Waals surface area contributed by atoms with Gasteiger partial charge in [0.25, 0.3) is 0 Å². The average Bonchev–Trinajstić information content (AvgIpc) is 2.05. The molecule has 0 amide bonds. The molecule has 0 spiro atoms. The van der Waals surface area contributed by atoms with Crippen molar-refractivity contribution in [3.63, 3.8) is 0 Å². The average molecular weight is 227 g/mol. The topological polar surface area (TPSA) is 45.9 Å². The summed E-state index contributed by atoms with van der Waals surface area (Å²) < 4.78 is 6.00. The molecule has 4 heteroatoms. The highest BCUT2D eigenvalue weighted by atomic mass is 79.9. The minimum Gasteiger partial charge on any atom is -0.491 e. The summed E-state index contributed by atoms with van der Waals surface area (Å²) in [5.74, 6) is 0.523. The van der Waals surface area contributed by atoms with Gasteiger partial charge in [-0.25, -0.2) is 4.98 Å². The first-order valence-electron chi connectivity index (χ1n) is 3.46. The number of pyridine rings is 1. The van der Waals surface area contributed by atoms with Crippen LogP contribution in [0.25, 0.3) is 0 Å². The Morgan fingerprint density at radius 1 is 1.75 bits per heavy atom. The van der Waals surface area contributed by atoms with Gasteiger partial charge in [0.05, 0.1) is 6.61 Å². The third-order valence-electron chi connectivity index (χ3n) is 1.23. The van der Waals surface area contributed by atoms with E-state index in [9.17, 15) is 0 Å². The number of nitriles is 1. The van der Waals surface area contributed by atoms with Gasteiger partial charge >= 0.3 is 0 Å². The van der Waals surface area contributed by atoms with E-state index in [-0.39, 0.29) is 0 Å². The molecular formula is C8H7BrN2O. The highest BCUT2D eigenvalue weighted by Crippen LogP contribution is 2.20. The van der Waals surface area contributed by atoms with Gasteiger partial charge in [-0.1, -0.05) is 0 Å². The van der Waals surface area contributed by atoms with Crippen molar-refractivity contribution in [1.29, 1.82) is 5.26 Å². The van der Waals surface area contributed by atoms with Crippen molar-refractivity contribution in [3.05, 3.63) is 22.4 Å². The molecule has 1 aromatic rings. The molecule has 0 radical (unpaired) electrons. The van der Waals surface area contributed by atoms with Gasteiger partial charge in [0.15, 0.2) is 11.4 Å². The van der Waals surface area contributed by atoms with Crippen LogP contribution in [-0.2, 0) is 0 Å². The van der Waals surface area contributed by atoms with Gasteiger partial charge in [-0.05, 0) is 28.9 Å². The van der Waals surface area contributed by atoms with Gasteiger partial charge in [0.1, 0.15) is 6.07 Å². The fourth-order valence-corrected chi connectivity index (χ4v) is 1.08. The summed E-state index contributed by atoms with van der Waals surface area (Å²) in [6, 6.07) is 3.68. The number of hydrogen-bond donors (Lipinski definition) is 0. The zero-order chi connectivity index (χ0) is 8.97. The molecule has 1 heterocycles. The Balaban J connectivity index is 3.06. The SMILES string of the molecule is CCOc1cc(Br)cnc1C#N. The molecule has 0 N–H and O–H groups in total. The third kappa shape index (κ3) is 1.95. The number of rotatable bonds is 2. The fourth-order valence-electron chi connectivity index (χ4n) is 0.770. The molecule has 0 fully saturated rings. The molecule has 0 bridgehead atoms. The van der Waals surface area contributed by atoms with Crippen LogP contribution in [0.2, 0.25) is 0 Å². The van der Waals surface area contributed by atoms with E-state index in [1.807, 2.05) is 13.0 Å². The van der Waals surface area contributed by atoms with Crippen molar-refractivity contribution in [2.24, 2.45) is 0 Å². The van der Waals surface area contributed by atoms with Crippen LogP contribution in [0.3, 0.4) is 0 Å². The lowest BCUT2D eigenvalue weighted by molar-refractivity contribution is 0.337. The predicted octanol–water partition coefficient (Wildman–Crippen LogP) is 2.11. The van der Waals surface area contributed by atoms with E-state index in [4.69, 9.17) is 10.00 Å². The summed E-state index contributed by atoms with van der Waals surface area (Å²) in [6.07, 6.45) is 1.57. The lowest BCUT2D eigenvalue weighted by Crippen LogP contribution is -1.96. The van der Waals surface area contributed by atoms with Crippen molar-refractivity contribution in [2.45, 2.75) is 6.92 Å². The predicted molar refractivity (Wildman–Crippen MR) is 47.8 cm³/mol. The number of aromatic nitrogens is 1. The summed E-state index contributed by atoms with van der Waals surface area (Å²) in [5.41, 5.74) is 0.319. The van der Waals surface area contributed by atoms with E-state index in [1.165, 1.54) is 0 Å². The molecule has 0 saturated heterocycles. The third-order valence-corrected chi connectivity index (χ3v) is 1.66. The monoisotopic (exact) mass is 226 g/mol. The second kappa shape index (κ2) is 4.07. The Labute approximate surface area is 79.1 Å². The van der Waals surface area contributed by atoms with Gasteiger partial charge in [-0.15, -0.1) is 0 Å². The molecule has 3 nitrogen and oxygen atoms in total. The Morgan fingerprint density at radius 3 is 3.08 bits per heavy atom. The number of ether oxygens (including phenoxy) is 1. The fraction of sp³-hybridized carbons (Fsp3) is 0.250. The van der Waals surface area contributed by atoms with Crippen LogP contribution < -0.4 is 4.74 Å². The second-order valence-electron chi connectivity index (χ2n) is 2.05. The Hall–Kier alpha value is -1.08. The van der Waals surface area contributed by atoms with Crippen LogP contribution in [0.4, 0.5) is 0 Å². The maximum Gasteiger partial charge on any atom is 0.182 e. The summed E-state index contributed by atoms with van der Waals surface area (Å²) in [4.78, 5) is 3.88. The zero-order valence-corrected chi connectivity index (χ0v) is 8.13. The van der Waals surface area contributed by atoms with Crippen LogP contribution in [0.1, 0.15) is 12.6 Å². The van der Waals surface area contributed by atoms with E-state index in [1.54, 1.807) is 12.3 Å². The standard InChI is InChI=1S/C8H7BrN2O/c1-2-12-8-3-6(9)5-11-7(8)4-10/h3,5H,2H2,1H3. The van der Waals surface area contributed by atoms with E-state index in [0.29, 0.717) is 18.1 Å². The maximum atomic E-state index is 8.63. The Bertz CT molecular complexity index is 319. The summed E-state index contributed by atoms with van der Waals surface area (Å²) >= 11 is 3.24. The van der Waals surface area contributed by atoms with E-state index in [0.717, 1.165) is 4.47 Å². The molecule has 1 rings (SSSR count). The van der Waals surface area contributed by atoms with E-state index in [2.05, 4.69) is 20.9 Å². The molecule has 0 unspecified atom stereocenters. The Morgan fingerprint density at radius 2 is 2.50 bits per heavy atom. The Kier molecular flexibility index (Phi) is 3.06. The van der Waals surface area contributed by atoms with Crippen LogP contribution in [-0.4, -0.2) is 11.6 Å². The lowest BCUT2D eigenvalue weighted by atomic mass is 10.3. The number of hydrogen-bond acceptors (Lipinski definition) is 3. The molecule has 0 aliphatic carbocycles. The van der Waals surface area contributed by atoms with Crippen molar-refractivity contribution < 1.29 is 4.74 Å². The van der Waals surface area contributed by atoms with Crippen LogP contribution in [0.15, 0.2) is 16.7 Å². The zero-order valence-electron chi connectivity index (χ0n) is 6.54. The first-order valence-corrected chi connectivity index (χ1v) is 4.25. The van der Waals surface area contributed by atoms with Gasteiger partial charge in [0, 0.05) is 10.7 Å². The largest absolute Gasteiger partial charge is 0.491 e. The summed E-state index contributed by atoms with van der Waals surface area (Å²) in [7, 11) is 0. The summed E-state index contributed by atoms with van der Waals surface area (Å²) in [6.45, 7) is 2.40. The maximum absolute atomic E-state index is 8.63. The lowest BCUT2D eigenvalue weighted by Gasteiger charge is -2.03. The molecular weight excluding hydrogens is 220 g/mol. The molecule has 0 atom stereocenters. The molecule has 62 valence electrons. The molecule has 12 heavy (non-hydrogen) atoms. The molecule has 0 saturated carbocycles. The van der Waals surface area contributed by atoms with Gasteiger partial charge in [-0.2, -0.15) is 5.26 Å². The molecule has 0 aliphatic rings. The minimum absolute atomic E-state index is 0.319. The first-order chi connectivity index (χ1) is 5.77. The van der Waals surface area contributed by atoms with E-state index < -0.39 is 0 Å². The normalized spacial score (nSPS) is 9.08. The van der Waals surface area contributed by atoms with Crippen molar-refractivity contribution in [2.75, 3.05) is 6.61 Å². The van der Waals surface area contributed by atoms with E-state index >= 15 is 0 Å².